The van der Waals surface area contributed by atoms with Crippen LogP contribution in [-0.2, 0) is 11.2 Å². The van der Waals surface area contributed by atoms with Crippen molar-refractivity contribution in [1.29, 1.82) is 0 Å². The number of nitrogens with one attached hydrogen (secondary N) is 1. The number of carbonyl (C=O) groups excluding carboxylic acids is 2. The van der Waals surface area contributed by atoms with Crippen LogP contribution in [0.25, 0.3) is 0 Å². The standard InChI is InChI=1S/C20H18F6N2O4/c21-19(22,23)9-10-31-14-7-3-13(4-8-14)18(30)28-16(17(27)29)11-12-1-5-15(6-2-12)32-20(24,25)26/h1-8,16H,9-11H2,(H2,27,29)(H,28,30). The molecule has 0 radical (unpaired) electrons. The number of hydrogen-bond acceptors (Lipinski definition) is 4. The minimum absolute atomic E-state index is 0.0911. The number of amides is 2. The van der Waals surface area contributed by atoms with E-state index in [1.807, 2.05) is 0 Å². The molecule has 2 rings (SSSR count). The molecule has 2 aromatic carbocycles. The molecule has 3 N–H and O–H groups in total. The van der Waals surface area contributed by atoms with Gasteiger partial charge in [-0.1, -0.05) is 12.1 Å². The normalized spacial score (nSPS) is 12.7. The molecular formula is C20H18F6N2O4. The monoisotopic (exact) mass is 464 g/mol. The predicted octanol–water partition coefficient (Wildman–Crippen LogP) is 3.74. The van der Waals surface area contributed by atoms with Crippen LogP contribution in [0.1, 0.15) is 22.3 Å². The summed E-state index contributed by atoms with van der Waals surface area (Å²) in [5.41, 5.74) is 5.80. The fourth-order valence-corrected chi connectivity index (χ4v) is 2.51. The van der Waals surface area contributed by atoms with Gasteiger partial charge < -0.3 is 20.5 Å². The zero-order valence-corrected chi connectivity index (χ0v) is 16.3. The van der Waals surface area contributed by atoms with Crippen molar-refractivity contribution in [2.45, 2.75) is 31.4 Å². The van der Waals surface area contributed by atoms with Gasteiger partial charge in [0, 0.05) is 12.0 Å². The van der Waals surface area contributed by atoms with Crippen LogP contribution in [0.5, 0.6) is 11.5 Å². The van der Waals surface area contributed by atoms with Crippen LogP contribution in [0.2, 0.25) is 0 Å². The lowest BCUT2D eigenvalue weighted by Crippen LogP contribution is -2.45. The van der Waals surface area contributed by atoms with E-state index < -0.39 is 49.2 Å². The topological polar surface area (TPSA) is 90.7 Å². The second kappa shape index (κ2) is 10.2. The highest BCUT2D eigenvalue weighted by molar-refractivity contribution is 5.97. The predicted molar refractivity (Wildman–Crippen MR) is 99.9 cm³/mol. The molecular weight excluding hydrogens is 446 g/mol. The molecule has 2 aromatic rings. The first-order valence-corrected chi connectivity index (χ1v) is 9.07. The van der Waals surface area contributed by atoms with Gasteiger partial charge in [-0.25, -0.2) is 0 Å². The van der Waals surface area contributed by atoms with E-state index in [1.165, 1.54) is 36.4 Å². The summed E-state index contributed by atoms with van der Waals surface area (Å²) in [5.74, 6) is -1.88. The Morgan fingerprint density at radius 2 is 1.47 bits per heavy atom. The molecule has 0 aliphatic heterocycles. The maximum Gasteiger partial charge on any atom is 0.573 e. The highest BCUT2D eigenvalue weighted by Gasteiger charge is 2.31. The van der Waals surface area contributed by atoms with Crippen LogP contribution in [0.3, 0.4) is 0 Å². The zero-order valence-electron chi connectivity index (χ0n) is 16.3. The summed E-state index contributed by atoms with van der Waals surface area (Å²) in [6.45, 7) is -0.578. The maximum atomic E-state index is 12.4. The van der Waals surface area contributed by atoms with Gasteiger partial charge in [0.15, 0.2) is 0 Å². The van der Waals surface area contributed by atoms with Gasteiger partial charge in [-0.2, -0.15) is 13.2 Å². The van der Waals surface area contributed by atoms with Gasteiger partial charge >= 0.3 is 12.5 Å². The van der Waals surface area contributed by atoms with Gasteiger partial charge in [-0.3, -0.25) is 9.59 Å². The van der Waals surface area contributed by atoms with E-state index in [0.717, 1.165) is 12.1 Å². The number of nitrogens with two attached hydrogens (primary N) is 1. The van der Waals surface area contributed by atoms with Crippen LogP contribution in [0.4, 0.5) is 26.3 Å². The number of primary amides is 1. The van der Waals surface area contributed by atoms with Gasteiger partial charge in [0.1, 0.15) is 17.5 Å². The number of hydrogen-bond donors (Lipinski definition) is 2. The second-order valence-corrected chi connectivity index (χ2v) is 6.56. The molecule has 0 spiro atoms. The largest absolute Gasteiger partial charge is 0.573 e. The third-order valence-electron chi connectivity index (χ3n) is 4.02. The van der Waals surface area contributed by atoms with Crippen molar-refractivity contribution in [3.63, 3.8) is 0 Å². The molecule has 0 bridgehead atoms. The first kappa shape index (κ1) is 24.8. The number of halogens is 6. The van der Waals surface area contributed by atoms with Crippen LogP contribution < -0.4 is 20.5 Å². The summed E-state index contributed by atoms with van der Waals surface area (Å²) < 4.78 is 81.7. The Morgan fingerprint density at radius 3 is 1.97 bits per heavy atom. The molecule has 174 valence electrons. The fourth-order valence-electron chi connectivity index (χ4n) is 2.51. The number of benzene rings is 2. The minimum Gasteiger partial charge on any atom is -0.493 e. The van der Waals surface area contributed by atoms with Crippen molar-refractivity contribution < 1.29 is 45.4 Å². The van der Waals surface area contributed by atoms with Gasteiger partial charge in [0.25, 0.3) is 5.91 Å². The van der Waals surface area contributed by atoms with Crippen LogP contribution in [0, 0.1) is 0 Å². The molecule has 0 saturated carbocycles. The van der Waals surface area contributed by atoms with Gasteiger partial charge in [-0.15, -0.1) is 13.2 Å². The quantitative estimate of drug-likeness (QED) is 0.554. The van der Waals surface area contributed by atoms with Gasteiger partial charge in [-0.05, 0) is 42.0 Å². The van der Waals surface area contributed by atoms with E-state index in [2.05, 4.69) is 10.1 Å². The van der Waals surface area contributed by atoms with Crippen LogP contribution >= 0.6 is 0 Å². The Balaban J connectivity index is 1.96. The highest BCUT2D eigenvalue weighted by atomic mass is 19.4. The number of carbonyl (C=O) groups is 2. The fraction of sp³-hybridized carbons (Fsp3) is 0.300. The van der Waals surface area contributed by atoms with Crippen LogP contribution in [0.15, 0.2) is 48.5 Å². The summed E-state index contributed by atoms with van der Waals surface area (Å²) in [5, 5.41) is 2.40. The van der Waals surface area contributed by atoms with Crippen LogP contribution in [-0.4, -0.2) is 37.0 Å². The summed E-state index contributed by atoms with van der Waals surface area (Å²) in [6.07, 6.45) is -10.4. The molecule has 6 nitrogen and oxygen atoms in total. The lowest BCUT2D eigenvalue weighted by atomic mass is 10.0. The van der Waals surface area contributed by atoms with E-state index in [4.69, 9.17) is 10.5 Å². The van der Waals surface area contributed by atoms with E-state index >= 15 is 0 Å². The van der Waals surface area contributed by atoms with Crippen molar-refractivity contribution in [1.82, 2.24) is 5.32 Å². The maximum absolute atomic E-state index is 12.4. The lowest BCUT2D eigenvalue weighted by Gasteiger charge is -2.16. The second-order valence-electron chi connectivity index (χ2n) is 6.56. The summed E-state index contributed by atoms with van der Waals surface area (Å²) in [6, 6.07) is 8.69. The molecule has 1 unspecified atom stereocenters. The van der Waals surface area contributed by atoms with E-state index in [1.54, 1.807) is 0 Å². The molecule has 0 aliphatic carbocycles. The third-order valence-corrected chi connectivity index (χ3v) is 4.02. The van der Waals surface area contributed by atoms with Crippen molar-refractivity contribution in [2.75, 3.05) is 6.61 Å². The van der Waals surface area contributed by atoms with Gasteiger partial charge in [0.2, 0.25) is 5.91 Å². The molecule has 0 aliphatic rings. The molecule has 0 heterocycles. The molecule has 0 saturated heterocycles. The van der Waals surface area contributed by atoms with Crippen molar-refractivity contribution in [3.05, 3.63) is 59.7 Å². The van der Waals surface area contributed by atoms with Crippen molar-refractivity contribution in [3.8, 4) is 11.5 Å². The number of rotatable bonds is 9. The Bertz CT molecular complexity index is 912. The summed E-state index contributed by atoms with van der Waals surface area (Å²) in [7, 11) is 0. The molecule has 12 heteroatoms. The molecule has 0 aromatic heterocycles. The molecule has 32 heavy (non-hydrogen) atoms. The molecule has 1 atom stereocenters. The Hall–Kier alpha value is -3.44. The smallest absolute Gasteiger partial charge is 0.493 e. The first-order valence-electron chi connectivity index (χ1n) is 9.07. The summed E-state index contributed by atoms with van der Waals surface area (Å²) in [4.78, 5) is 24.1. The van der Waals surface area contributed by atoms with E-state index in [0.29, 0.717) is 5.56 Å². The van der Waals surface area contributed by atoms with E-state index in [-0.39, 0.29) is 17.7 Å². The Labute approximate surface area is 178 Å². The minimum atomic E-state index is -4.84. The SMILES string of the molecule is NC(=O)C(Cc1ccc(OC(F)(F)F)cc1)NC(=O)c1ccc(OCCC(F)(F)F)cc1. The number of ether oxygens (including phenoxy) is 2. The first-order chi connectivity index (χ1) is 14.8. The average Bonchev–Trinajstić information content (AvgIpc) is 2.67. The van der Waals surface area contributed by atoms with Crippen molar-refractivity contribution in [2.24, 2.45) is 5.73 Å². The highest BCUT2D eigenvalue weighted by Crippen LogP contribution is 2.23. The average molecular weight is 464 g/mol. The Morgan fingerprint density at radius 1 is 0.906 bits per heavy atom. The lowest BCUT2D eigenvalue weighted by molar-refractivity contribution is -0.274. The molecule has 2 amide bonds. The molecule has 0 fully saturated rings. The number of alkyl halides is 6. The summed E-state index contributed by atoms with van der Waals surface area (Å²) >= 11 is 0. The van der Waals surface area contributed by atoms with E-state index in [9.17, 15) is 35.9 Å². The zero-order chi connectivity index (χ0) is 23.9. The van der Waals surface area contributed by atoms with Gasteiger partial charge in [0.05, 0.1) is 13.0 Å². The Kier molecular flexibility index (Phi) is 7.95. The third kappa shape index (κ3) is 8.74. The van der Waals surface area contributed by atoms with Crippen molar-refractivity contribution >= 4 is 11.8 Å².